The molecule has 1 fully saturated rings. The van der Waals surface area contributed by atoms with Crippen molar-refractivity contribution in [1.82, 2.24) is 10.4 Å². The van der Waals surface area contributed by atoms with Gasteiger partial charge in [-0.1, -0.05) is 25.5 Å². The lowest BCUT2D eigenvalue weighted by Gasteiger charge is -2.18. The second-order valence-corrected chi connectivity index (χ2v) is 3.73. The molecule has 1 heterocycles. The number of nitrogens with zero attached hydrogens (tertiary/aromatic N) is 1. The fourth-order valence-electron chi connectivity index (χ4n) is 1.60. The molecule has 16 heavy (non-hydrogen) atoms. The van der Waals surface area contributed by atoms with Crippen LogP contribution < -0.4 is 5.32 Å². The maximum Gasteiger partial charge on any atom is 0.351 e. The highest BCUT2D eigenvalue weighted by Gasteiger charge is 2.41. The second kappa shape index (κ2) is 4.38. The highest BCUT2D eigenvalue weighted by atomic mass is 16.7. The zero-order valence-corrected chi connectivity index (χ0v) is 9.10. The van der Waals surface area contributed by atoms with Gasteiger partial charge >= 0.3 is 6.03 Å². The zero-order chi connectivity index (χ0) is 11.5. The minimum atomic E-state index is -0.596. The van der Waals surface area contributed by atoms with Crippen LogP contribution in [0.15, 0.2) is 24.0 Å². The zero-order valence-electron chi connectivity index (χ0n) is 9.10. The fourth-order valence-corrected chi connectivity index (χ4v) is 1.60. The van der Waals surface area contributed by atoms with Crippen LogP contribution in [0.4, 0.5) is 4.79 Å². The number of Topliss-reactive ketones (excluding diaryl/α,β-unsaturated/α-hetero) is 1. The summed E-state index contributed by atoms with van der Waals surface area (Å²) in [6, 6.07) is -0.955. The average molecular weight is 222 g/mol. The Balaban J connectivity index is 1.97. The first-order valence-electron chi connectivity index (χ1n) is 5.41. The van der Waals surface area contributed by atoms with Gasteiger partial charge in [0.15, 0.2) is 6.04 Å². The van der Waals surface area contributed by atoms with Gasteiger partial charge in [0, 0.05) is 6.54 Å². The summed E-state index contributed by atoms with van der Waals surface area (Å²) in [5.74, 6) is 0.0753. The molecule has 1 saturated heterocycles. The Hall–Kier alpha value is -1.78. The molecule has 0 spiro atoms. The van der Waals surface area contributed by atoms with Crippen molar-refractivity contribution in [2.45, 2.75) is 25.8 Å². The quantitative estimate of drug-likeness (QED) is 0.728. The molecule has 2 bridgehead atoms. The number of hydroxylamine groups is 2. The summed E-state index contributed by atoms with van der Waals surface area (Å²) in [4.78, 5) is 28.4. The van der Waals surface area contributed by atoms with E-state index in [1.165, 1.54) is 0 Å². The minimum absolute atomic E-state index is 0.159. The number of amides is 2. The van der Waals surface area contributed by atoms with Gasteiger partial charge in [-0.15, -0.1) is 5.06 Å². The smallest absolute Gasteiger partial charge is 0.351 e. The molecular weight excluding hydrogens is 208 g/mol. The van der Waals surface area contributed by atoms with E-state index in [2.05, 4.69) is 5.32 Å². The molecule has 1 unspecified atom stereocenters. The summed E-state index contributed by atoms with van der Waals surface area (Å²) in [5.41, 5.74) is 0. The molecule has 0 aromatic heterocycles. The Morgan fingerprint density at radius 2 is 2.44 bits per heavy atom. The summed E-state index contributed by atoms with van der Waals surface area (Å²) in [6.07, 6.45) is 6.86. The van der Waals surface area contributed by atoms with E-state index >= 15 is 0 Å². The second-order valence-electron chi connectivity index (χ2n) is 3.73. The van der Waals surface area contributed by atoms with E-state index in [0.29, 0.717) is 6.54 Å². The first kappa shape index (κ1) is 10.7. The number of allylic oxidation sites excluding steroid dienone is 2. The maximum atomic E-state index is 11.7. The lowest BCUT2D eigenvalue weighted by molar-refractivity contribution is -0.116. The van der Waals surface area contributed by atoms with E-state index in [0.717, 1.165) is 17.9 Å². The largest absolute Gasteiger partial charge is 0.370 e. The number of unbranched alkanes of at least 4 members (excludes halogenated alkanes) is 1. The van der Waals surface area contributed by atoms with Crippen LogP contribution in [0.1, 0.15) is 19.8 Å². The summed E-state index contributed by atoms with van der Waals surface area (Å²) in [6.45, 7) is 2.64. The third-order valence-electron chi connectivity index (χ3n) is 2.51. The Bertz CT molecular complexity index is 373. The van der Waals surface area contributed by atoms with Crippen LogP contribution in [0.5, 0.6) is 0 Å². The van der Waals surface area contributed by atoms with E-state index in [4.69, 9.17) is 4.84 Å². The summed E-state index contributed by atoms with van der Waals surface area (Å²) >= 11 is 0. The number of hydrogen-bond donors (Lipinski definition) is 1. The van der Waals surface area contributed by atoms with Crippen molar-refractivity contribution < 1.29 is 14.4 Å². The van der Waals surface area contributed by atoms with E-state index in [1.54, 1.807) is 18.2 Å². The van der Waals surface area contributed by atoms with Crippen LogP contribution in [0.2, 0.25) is 0 Å². The predicted octanol–water partition coefficient (Wildman–Crippen LogP) is 1.13. The van der Waals surface area contributed by atoms with Crippen LogP contribution in [0.3, 0.4) is 0 Å². The van der Waals surface area contributed by atoms with Gasteiger partial charge in [-0.2, -0.15) is 0 Å². The van der Waals surface area contributed by atoms with Gasteiger partial charge in [0.05, 0.1) is 0 Å². The SMILES string of the molecule is CCCCNC(=O)N1OC2=CC=CC1C2=O. The number of carbonyl (C=O) groups is 2. The minimum Gasteiger partial charge on any atom is -0.370 e. The van der Waals surface area contributed by atoms with E-state index in [-0.39, 0.29) is 17.6 Å². The number of ketones is 1. The molecule has 1 N–H and O–H groups in total. The number of urea groups is 1. The molecule has 1 atom stereocenters. The first-order chi connectivity index (χ1) is 7.74. The maximum absolute atomic E-state index is 11.7. The Labute approximate surface area is 93.7 Å². The van der Waals surface area contributed by atoms with Crippen LogP contribution in [-0.2, 0) is 9.63 Å². The molecule has 86 valence electrons. The van der Waals surface area contributed by atoms with Crippen molar-refractivity contribution in [3.63, 3.8) is 0 Å². The first-order valence-corrected chi connectivity index (χ1v) is 5.41. The van der Waals surface area contributed by atoms with Crippen LogP contribution in [-0.4, -0.2) is 29.5 Å². The predicted molar refractivity (Wildman–Crippen MR) is 57.2 cm³/mol. The summed E-state index contributed by atoms with van der Waals surface area (Å²) < 4.78 is 0. The average Bonchev–Trinajstić information content (AvgIpc) is 2.50. The topological polar surface area (TPSA) is 58.6 Å². The van der Waals surface area contributed by atoms with Crippen molar-refractivity contribution in [2.24, 2.45) is 0 Å². The normalized spacial score (nSPS) is 21.8. The molecule has 0 aromatic rings. The Morgan fingerprint density at radius 1 is 1.62 bits per heavy atom. The molecule has 2 aliphatic rings. The fraction of sp³-hybridized carbons (Fsp3) is 0.455. The van der Waals surface area contributed by atoms with Gasteiger partial charge in [0.25, 0.3) is 0 Å². The Kier molecular flexibility index (Phi) is 2.94. The third kappa shape index (κ3) is 1.80. The van der Waals surface area contributed by atoms with Gasteiger partial charge in [-0.3, -0.25) is 4.79 Å². The number of rotatable bonds is 3. The molecule has 5 nitrogen and oxygen atoms in total. The summed E-state index contributed by atoms with van der Waals surface area (Å²) in [5, 5.41) is 3.80. The molecule has 0 saturated carbocycles. The number of hydrogen-bond acceptors (Lipinski definition) is 3. The van der Waals surface area contributed by atoms with Crippen LogP contribution in [0, 0.1) is 0 Å². The van der Waals surface area contributed by atoms with Gasteiger partial charge in [-0.25, -0.2) is 4.79 Å². The molecular formula is C11H14N2O3. The monoisotopic (exact) mass is 222 g/mol. The van der Waals surface area contributed by atoms with Crippen molar-refractivity contribution in [3.8, 4) is 0 Å². The van der Waals surface area contributed by atoms with Gasteiger partial charge in [-0.05, 0) is 12.5 Å². The molecule has 2 amide bonds. The molecule has 0 radical (unpaired) electrons. The number of carbonyl (C=O) groups excluding carboxylic acids is 2. The molecule has 0 aromatic carbocycles. The van der Waals surface area contributed by atoms with Crippen LogP contribution in [0.25, 0.3) is 0 Å². The van der Waals surface area contributed by atoms with Crippen molar-refractivity contribution in [2.75, 3.05) is 6.54 Å². The molecule has 1 aliphatic heterocycles. The lowest BCUT2D eigenvalue weighted by atomic mass is 10.1. The van der Waals surface area contributed by atoms with E-state index in [1.807, 2.05) is 6.92 Å². The van der Waals surface area contributed by atoms with Gasteiger partial charge in [0.1, 0.15) is 0 Å². The third-order valence-corrected chi connectivity index (χ3v) is 2.51. The standard InChI is InChI=1S/C11H14N2O3/c1-2-3-7-12-11(15)13-8-5-4-6-9(16-13)10(8)14/h4-6,8H,2-3,7H2,1H3,(H,12,15). The van der Waals surface area contributed by atoms with E-state index in [9.17, 15) is 9.59 Å². The highest BCUT2D eigenvalue weighted by Crippen LogP contribution is 2.25. The highest BCUT2D eigenvalue weighted by molar-refractivity contribution is 6.04. The van der Waals surface area contributed by atoms with Gasteiger partial charge < -0.3 is 10.2 Å². The molecule has 1 aliphatic carbocycles. The van der Waals surface area contributed by atoms with Crippen molar-refractivity contribution in [1.29, 1.82) is 0 Å². The summed E-state index contributed by atoms with van der Waals surface area (Å²) in [7, 11) is 0. The number of nitrogens with one attached hydrogen (secondary N) is 1. The van der Waals surface area contributed by atoms with Crippen molar-refractivity contribution in [3.05, 3.63) is 24.0 Å². The molecule has 5 heteroatoms. The molecule has 2 rings (SSSR count). The Morgan fingerprint density at radius 3 is 3.12 bits per heavy atom. The number of fused-ring (bicyclic) bond motifs is 2. The van der Waals surface area contributed by atoms with E-state index < -0.39 is 6.04 Å². The lowest BCUT2D eigenvalue weighted by Crippen LogP contribution is -2.43. The van der Waals surface area contributed by atoms with Gasteiger partial charge in [0.2, 0.25) is 11.5 Å². The van der Waals surface area contributed by atoms with Crippen molar-refractivity contribution >= 4 is 11.8 Å². The van der Waals surface area contributed by atoms with Crippen LogP contribution >= 0.6 is 0 Å².